The summed E-state index contributed by atoms with van der Waals surface area (Å²) in [6.07, 6.45) is 2.43. The number of hydrogen-bond donors (Lipinski definition) is 1. The fourth-order valence-corrected chi connectivity index (χ4v) is 2.56. The minimum absolute atomic E-state index is 0.555. The molecule has 0 saturated carbocycles. The summed E-state index contributed by atoms with van der Waals surface area (Å²) in [5.41, 5.74) is 4.78. The van der Waals surface area contributed by atoms with Crippen molar-refractivity contribution in [2.24, 2.45) is 0 Å². The number of aromatic nitrogens is 2. The second-order valence-electron chi connectivity index (χ2n) is 5.47. The lowest BCUT2D eigenvalue weighted by Gasteiger charge is -2.13. The molecule has 0 fully saturated rings. The molecule has 20 heavy (non-hydrogen) atoms. The van der Waals surface area contributed by atoms with Crippen LogP contribution in [0.15, 0.2) is 30.3 Å². The van der Waals surface area contributed by atoms with Gasteiger partial charge in [-0.05, 0) is 39.3 Å². The van der Waals surface area contributed by atoms with Crippen LogP contribution in [0.1, 0.15) is 43.6 Å². The highest BCUT2D eigenvalue weighted by molar-refractivity contribution is 5.36. The molecule has 0 radical (unpaired) electrons. The maximum atomic E-state index is 4.68. The lowest BCUT2D eigenvalue weighted by atomic mass is 10.1. The van der Waals surface area contributed by atoms with Crippen molar-refractivity contribution < 1.29 is 0 Å². The van der Waals surface area contributed by atoms with Crippen molar-refractivity contribution in [3.05, 3.63) is 47.3 Å². The van der Waals surface area contributed by atoms with Crippen LogP contribution in [0, 0.1) is 13.8 Å². The van der Waals surface area contributed by atoms with Gasteiger partial charge in [-0.1, -0.05) is 31.5 Å². The number of rotatable bonds is 6. The van der Waals surface area contributed by atoms with Crippen LogP contribution in [0.5, 0.6) is 0 Å². The molecule has 1 N–H and O–H groups in total. The summed E-state index contributed by atoms with van der Waals surface area (Å²) < 4.78 is 2.04. The third-order valence-corrected chi connectivity index (χ3v) is 3.79. The number of hydrogen-bond acceptors (Lipinski definition) is 2. The number of nitrogens with zero attached hydrogens (tertiary/aromatic N) is 2. The minimum Gasteiger partial charge on any atom is -0.310 e. The first-order valence-electron chi connectivity index (χ1n) is 7.47. The number of nitrogens with one attached hydrogen (secondary N) is 1. The summed E-state index contributed by atoms with van der Waals surface area (Å²) in [7, 11) is 0. The first kappa shape index (κ1) is 14.8. The Morgan fingerprint density at radius 3 is 2.55 bits per heavy atom. The van der Waals surface area contributed by atoms with Crippen LogP contribution >= 0.6 is 0 Å². The van der Waals surface area contributed by atoms with E-state index < -0.39 is 0 Å². The van der Waals surface area contributed by atoms with E-state index in [2.05, 4.69) is 50.2 Å². The van der Waals surface area contributed by atoms with E-state index in [1.165, 1.54) is 24.1 Å². The molecule has 2 aromatic rings. The molecule has 1 unspecified atom stereocenters. The van der Waals surface area contributed by atoms with Gasteiger partial charge in [0.2, 0.25) is 0 Å². The normalized spacial score (nSPS) is 12.6. The van der Waals surface area contributed by atoms with Gasteiger partial charge < -0.3 is 5.32 Å². The predicted molar refractivity (Wildman–Crippen MR) is 84.2 cm³/mol. The molecule has 1 heterocycles. The van der Waals surface area contributed by atoms with E-state index in [1.807, 2.05) is 22.9 Å². The zero-order valence-corrected chi connectivity index (χ0v) is 13.0. The third-order valence-electron chi connectivity index (χ3n) is 3.79. The van der Waals surface area contributed by atoms with Crippen LogP contribution < -0.4 is 5.32 Å². The van der Waals surface area contributed by atoms with E-state index in [4.69, 9.17) is 0 Å². The average Bonchev–Trinajstić information content (AvgIpc) is 2.73. The van der Waals surface area contributed by atoms with Crippen molar-refractivity contribution in [3.8, 4) is 5.69 Å². The van der Waals surface area contributed by atoms with Crippen molar-refractivity contribution in [2.75, 3.05) is 0 Å². The number of benzene rings is 1. The Kier molecular flexibility index (Phi) is 4.96. The molecule has 0 aliphatic heterocycles. The van der Waals surface area contributed by atoms with Crippen molar-refractivity contribution in [3.63, 3.8) is 0 Å². The smallest absolute Gasteiger partial charge is 0.0648 e. The van der Waals surface area contributed by atoms with E-state index in [1.54, 1.807) is 0 Å². The van der Waals surface area contributed by atoms with Gasteiger partial charge in [0.15, 0.2) is 0 Å². The quantitative estimate of drug-likeness (QED) is 0.866. The minimum atomic E-state index is 0.555. The molecule has 108 valence electrons. The van der Waals surface area contributed by atoms with E-state index in [0.29, 0.717) is 6.04 Å². The monoisotopic (exact) mass is 271 g/mol. The Morgan fingerprint density at radius 1 is 1.20 bits per heavy atom. The van der Waals surface area contributed by atoms with Gasteiger partial charge in [-0.15, -0.1) is 0 Å². The van der Waals surface area contributed by atoms with Crippen LogP contribution in [0.25, 0.3) is 5.69 Å². The largest absolute Gasteiger partial charge is 0.310 e. The van der Waals surface area contributed by atoms with Crippen molar-refractivity contribution in [1.82, 2.24) is 15.1 Å². The lowest BCUT2D eigenvalue weighted by Crippen LogP contribution is -2.25. The fourth-order valence-electron chi connectivity index (χ4n) is 2.56. The van der Waals surface area contributed by atoms with Crippen LogP contribution in [0.2, 0.25) is 0 Å². The van der Waals surface area contributed by atoms with Gasteiger partial charge in [0.25, 0.3) is 0 Å². The lowest BCUT2D eigenvalue weighted by molar-refractivity contribution is 0.507. The van der Waals surface area contributed by atoms with Crippen molar-refractivity contribution >= 4 is 0 Å². The first-order chi connectivity index (χ1) is 9.63. The average molecular weight is 271 g/mol. The molecular formula is C17H25N3. The molecule has 0 aliphatic rings. The molecule has 0 aliphatic carbocycles. The van der Waals surface area contributed by atoms with Gasteiger partial charge in [-0.25, -0.2) is 4.68 Å². The molecular weight excluding hydrogens is 246 g/mol. The van der Waals surface area contributed by atoms with Gasteiger partial charge in [-0.3, -0.25) is 0 Å². The standard InChI is InChI=1S/C17H25N3/c1-5-9-13(2)18-12-17-14(3)19-20(15(17)4)16-10-7-6-8-11-16/h6-8,10-11,13,18H,5,9,12H2,1-4H3. The zero-order chi connectivity index (χ0) is 14.5. The Hall–Kier alpha value is -1.61. The van der Waals surface area contributed by atoms with E-state index in [-0.39, 0.29) is 0 Å². The number of para-hydroxylation sites is 1. The molecule has 3 nitrogen and oxygen atoms in total. The Morgan fingerprint density at radius 2 is 1.90 bits per heavy atom. The molecule has 0 amide bonds. The van der Waals surface area contributed by atoms with Crippen LogP contribution in [-0.2, 0) is 6.54 Å². The SMILES string of the molecule is CCCC(C)NCc1c(C)nn(-c2ccccc2)c1C. The summed E-state index contributed by atoms with van der Waals surface area (Å²) in [5.74, 6) is 0. The predicted octanol–water partition coefficient (Wildman–Crippen LogP) is 3.77. The Balaban J connectivity index is 2.17. The summed E-state index contributed by atoms with van der Waals surface area (Å²) in [6, 6.07) is 10.9. The summed E-state index contributed by atoms with van der Waals surface area (Å²) in [5, 5.41) is 8.27. The molecule has 1 aromatic heterocycles. The van der Waals surface area contributed by atoms with Gasteiger partial charge in [0.1, 0.15) is 0 Å². The fraction of sp³-hybridized carbons (Fsp3) is 0.471. The van der Waals surface area contributed by atoms with Crippen LogP contribution in [0.3, 0.4) is 0 Å². The van der Waals surface area contributed by atoms with Gasteiger partial charge in [0, 0.05) is 23.8 Å². The second kappa shape index (κ2) is 6.71. The molecule has 0 spiro atoms. The van der Waals surface area contributed by atoms with E-state index >= 15 is 0 Å². The van der Waals surface area contributed by atoms with Crippen molar-refractivity contribution in [1.29, 1.82) is 0 Å². The number of aryl methyl sites for hydroxylation is 1. The summed E-state index contributed by atoms with van der Waals surface area (Å²) in [4.78, 5) is 0. The third kappa shape index (κ3) is 3.28. The molecule has 0 saturated heterocycles. The molecule has 0 bridgehead atoms. The second-order valence-corrected chi connectivity index (χ2v) is 5.47. The summed E-state index contributed by atoms with van der Waals surface area (Å²) >= 11 is 0. The summed E-state index contributed by atoms with van der Waals surface area (Å²) in [6.45, 7) is 9.60. The maximum absolute atomic E-state index is 4.68. The van der Waals surface area contributed by atoms with Crippen molar-refractivity contribution in [2.45, 2.75) is 53.1 Å². The Labute approximate surface area is 122 Å². The molecule has 3 heteroatoms. The van der Waals surface area contributed by atoms with Gasteiger partial charge >= 0.3 is 0 Å². The zero-order valence-electron chi connectivity index (χ0n) is 13.0. The highest BCUT2D eigenvalue weighted by atomic mass is 15.3. The van der Waals surface area contributed by atoms with Crippen LogP contribution in [0.4, 0.5) is 0 Å². The topological polar surface area (TPSA) is 29.9 Å². The van der Waals surface area contributed by atoms with E-state index in [9.17, 15) is 0 Å². The first-order valence-corrected chi connectivity index (χ1v) is 7.47. The molecule has 1 atom stereocenters. The van der Waals surface area contributed by atoms with E-state index in [0.717, 1.165) is 17.9 Å². The Bertz CT molecular complexity index is 543. The van der Waals surface area contributed by atoms with Gasteiger partial charge in [-0.2, -0.15) is 5.10 Å². The van der Waals surface area contributed by atoms with Crippen LogP contribution in [-0.4, -0.2) is 15.8 Å². The highest BCUT2D eigenvalue weighted by Gasteiger charge is 2.13. The highest BCUT2D eigenvalue weighted by Crippen LogP contribution is 2.17. The molecule has 2 rings (SSSR count). The molecule has 1 aromatic carbocycles. The maximum Gasteiger partial charge on any atom is 0.0648 e. The van der Waals surface area contributed by atoms with Gasteiger partial charge in [0.05, 0.1) is 11.4 Å².